The highest BCUT2D eigenvalue weighted by molar-refractivity contribution is 7.99. The zero-order valence-corrected chi connectivity index (χ0v) is 20.2. The van der Waals surface area contributed by atoms with Gasteiger partial charge in [0.05, 0.1) is 5.75 Å². The van der Waals surface area contributed by atoms with Gasteiger partial charge in [-0.05, 0) is 37.3 Å². The summed E-state index contributed by atoms with van der Waals surface area (Å²) in [5.74, 6) is 1.18. The van der Waals surface area contributed by atoms with Crippen molar-refractivity contribution < 1.29 is 9.59 Å². The second kappa shape index (κ2) is 12.7. The molecule has 32 heavy (non-hydrogen) atoms. The van der Waals surface area contributed by atoms with Crippen molar-refractivity contribution in [3.63, 3.8) is 0 Å². The molecule has 0 saturated heterocycles. The number of thioether (sulfide) groups is 1. The molecule has 1 aliphatic rings. The molecule has 172 valence electrons. The number of nitrogens with one attached hydrogen (secondary N) is 1. The van der Waals surface area contributed by atoms with Gasteiger partial charge in [0.1, 0.15) is 6.04 Å². The minimum Gasteiger partial charge on any atom is -0.352 e. The summed E-state index contributed by atoms with van der Waals surface area (Å²) in [5.41, 5.74) is 3.50. The van der Waals surface area contributed by atoms with Crippen LogP contribution in [0.5, 0.6) is 0 Å². The van der Waals surface area contributed by atoms with Crippen LogP contribution in [0.1, 0.15) is 62.1 Å². The van der Waals surface area contributed by atoms with Gasteiger partial charge in [-0.3, -0.25) is 9.59 Å². The SMILES string of the molecule is CCC(C(=O)NC1CCCCC1)N(Cc1ccccc1)C(=O)CSCc1cccc(C)c1. The van der Waals surface area contributed by atoms with E-state index in [0.717, 1.165) is 24.2 Å². The van der Waals surface area contributed by atoms with Gasteiger partial charge in [-0.15, -0.1) is 11.8 Å². The first kappa shape index (κ1) is 24.4. The van der Waals surface area contributed by atoms with Gasteiger partial charge in [-0.1, -0.05) is 86.3 Å². The van der Waals surface area contributed by atoms with Gasteiger partial charge in [0.25, 0.3) is 0 Å². The monoisotopic (exact) mass is 452 g/mol. The zero-order valence-electron chi connectivity index (χ0n) is 19.4. The summed E-state index contributed by atoms with van der Waals surface area (Å²) >= 11 is 1.61. The molecular formula is C27H36N2O2S. The maximum atomic E-state index is 13.3. The van der Waals surface area contributed by atoms with Crippen molar-refractivity contribution in [2.45, 2.75) is 76.8 Å². The summed E-state index contributed by atoms with van der Waals surface area (Å²) in [6.07, 6.45) is 6.29. The van der Waals surface area contributed by atoms with Crippen molar-refractivity contribution in [2.75, 3.05) is 5.75 Å². The Hall–Kier alpha value is -2.27. The fourth-order valence-corrected chi connectivity index (χ4v) is 5.24. The van der Waals surface area contributed by atoms with Crippen LogP contribution in [-0.4, -0.2) is 34.6 Å². The predicted octanol–water partition coefficient (Wildman–Crippen LogP) is 5.48. The van der Waals surface area contributed by atoms with Crippen LogP contribution in [0, 0.1) is 6.92 Å². The van der Waals surface area contributed by atoms with Crippen LogP contribution in [0.15, 0.2) is 54.6 Å². The smallest absolute Gasteiger partial charge is 0.243 e. The van der Waals surface area contributed by atoms with Crippen LogP contribution in [0.4, 0.5) is 0 Å². The lowest BCUT2D eigenvalue weighted by atomic mass is 9.95. The fourth-order valence-electron chi connectivity index (χ4n) is 4.38. The fraction of sp³-hybridized carbons (Fsp3) is 0.481. The van der Waals surface area contributed by atoms with Gasteiger partial charge in [0.2, 0.25) is 11.8 Å². The number of amides is 2. The standard InChI is InChI=1S/C27H36N2O2S/c1-3-25(27(31)28-24-15-8-5-9-16-24)29(18-22-12-6-4-7-13-22)26(30)20-32-19-23-14-10-11-21(2)17-23/h4,6-7,10-14,17,24-25H,3,5,8-9,15-16,18-20H2,1-2H3,(H,28,31). The molecule has 5 heteroatoms. The van der Waals surface area contributed by atoms with E-state index >= 15 is 0 Å². The topological polar surface area (TPSA) is 49.4 Å². The molecule has 1 atom stereocenters. The largest absolute Gasteiger partial charge is 0.352 e. The van der Waals surface area contributed by atoms with Crippen molar-refractivity contribution in [3.05, 3.63) is 71.3 Å². The van der Waals surface area contributed by atoms with Crippen LogP contribution in [0.25, 0.3) is 0 Å². The minimum atomic E-state index is -0.441. The number of nitrogens with zero attached hydrogens (tertiary/aromatic N) is 1. The average Bonchev–Trinajstić information content (AvgIpc) is 2.80. The predicted molar refractivity (Wildman–Crippen MR) is 133 cm³/mol. The quantitative estimate of drug-likeness (QED) is 0.519. The highest BCUT2D eigenvalue weighted by Crippen LogP contribution is 2.20. The molecule has 3 rings (SSSR count). The van der Waals surface area contributed by atoms with Gasteiger partial charge in [0, 0.05) is 18.3 Å². The van der Waals surface area contributed by atoms with Crippen LogP contribution in [0.2, 0.25) is 0 Å². The van der Waals surface area contributed by atoms with Crippen molar-refractivity contribution in [1.29, 1.82) is 0 Å². The molecule has 0 aliphatic heterocycles. The maximum Gasteiger partial charge on any atom is 0.243 e. The first-order valence-corrected chi connectivity index (χ1v) is 13.0. The third-order valence-electron chi connectivity index (χ3n) is 6.11. The van der Waals surface area contributed by atoms with Crippen LogP contribution < -0.4 is 5.32 Å². The van der Waals surface area contributed by atoms with E-state index in [2.05, 4.69) is 36.5 Å². The summed E-state index contributed by atoms with van der Waals surface area (Å²) in [6, 6.07) is 18.2. The first-order valence-electron chi connectivity index (χ1n) is 11.8. The molecule has 1 aliphatic carbocycles. The maximum absolute atomic E-state index is 13.3. The molecule has 1 unspecified atom stereocenters. The number of carbonyl (C=O) groups excluding carboxylic acids is 2. The summed E-state index contributed by atoms with van der Waals surface area (Å²) in [4.78, 5) is 28.3. The van der Waals surface area contributed by atoms with E-state index in [1.54, 1.807) is 16.7 Å². The summed E-state index contributed by atoms with van der Waals surface area (Å²) in [5, 5.41) is 3.24. The van der Waals surface area contributed by atoms with Gasteiger partial charge in [-0.25, -0.2) is 0 Å². The summed E-state index contributed by atoms with van der Waals surface area (Å²) < 4.78 is 0. The lowest BCUT2D eigenvalue weighted by Crippen LogP contribution is -2.52. The highest BCUT2D eigenvalue weighted by Gasteiger charge is 2.30. The van der Waals surface area contributed by atoms with E-state index in [-0.39, 0.29) is 17.9 Å². The number of aryl methyl sites for hydroxylation is 1. The Morgan fingerprint density at radius 1 is 1.03 bits per heavy atom. The van der Waals surface area contributed by atoms with Crippen molar-refractivity contribution >= 4 is 23.6 Å². The molecule has 2 amide bonds. The molecule has 0 spiro atoms. The van der Waals surface area contributed by atoms with Gasteiger partial charge < -0.3 is 10.2 Å². The molecule has 1 saturated carbocycles. The Kier molecular flexibility index (Phi) is 9.66. The Balaban J connectivity index is 1.67. The second-order valence-corrected chi connectivity index (χ2v) is 9.74. The Morgan fingerprint density at radius 3 is 2.44 bits per heavy atom. The number of rotatable bonds is 10. The third kappa shape index (κ3) is 7.40. The zero-order chi connectivity index (χ0) is 22.8. The molecule has 1 N–H and O–H groups in total. The molecule has 1 fully saturated rings. The lowest BCUT2D eigenvalue weighted by molar-refractivity contribution is -0.139. The highest BCUT2D eigenvalue weighted by atomic mass is 32.2. The van der Waals surface area contributed by atoms with Gasteiger partial charge >= 0.3 is 0 Å². The molecule has 0 heterocycles. The molecular weight excluding hydrogens is 416 g/mol. The lowest BCUT2D eigenvalue weighted by Gasteiger charge is -2.32. The van der Waals surface area contributed by atoms with E-state index in [1.807, 2.05) is 37.3 Å². The number of carbonyl (C=O) groups is 2. The molecule has 0 bridgehead atoms. The normalized spacial score (nSPS) is 15.2. The van der Waals surface area contributed by atoms with E-state index < -0.39 is 6.04 Å². The number of hydrogen-bond donors (Lipinski definition) is 1. The molecule has 2 aromatic carbocycles. The van der Waals surface area contributed by atoms with E-state index in [1.165, 1.54) is 30.4 Å². The van der Waals surface area contributed by atoms with E-state index in [9.17, 15) is 9.59 Å². The summed E-state index contributed by atoms with van der Waals surface area (Å²) in [7, 11) is 0. The molecule has 0 radical (unpaired) electrons. The van der Waals surface area contributed by atoms with Crippen molar-refractivity contribution in [1.82, 2.24) is 10.2 Å². The first-order chi connectivity index (χ1) is 15.6. The molecule has 4 nitrogen and oxygen atoms in total. The molecule has 0 aromatic heterocycles. The van der Waals surface area contributed by atoms with Crippen molar-refractivity contribution in [3.8, 4) is 0 Å². The van der Waals surface area contributed by atoms with Crippen LogP contribution in [-0.2, 0) is 21.9 Å². The van der Waals surface area contributed by atoms with E-state index in [4.69, 9.17) is 0 Å². The Labute approximate surface area is 197 Å². The van der Waals surface area contributed by atoms with Gasteiger partial charge in [-0.2, -0.15) is 0 Å². The third-order valence-corrected chi connectivity index (χ3v) is 7.10. The van der Waals surface area contributed by atoms with E-state index in [0.29, 0.717) is 18.7 Å². The Morgan fingerprint density at radius 2 is 1.75 bits per heavy atom. The van der Waals surface area contributed by atoms with Crippen molar-refractivity contribution in [2.24, 2.45) is 0 Å². The van der Waals surface area contributed by atoms with Crippen LogP contribution >= 0.6 is 11.8 Å². The second-order valence-electron chi connectivity index (χ2n) is 8.76. The van der Waals surface area contributed by atoms with Crippen LogP contribution in [0.3, 0.4) is 0 Å². The van der Waals surface area contributed by atoms with Gasteiger partial charge in [0.15, 0.2) is 0 Å². The number of hydrogen-bond acceptors (Lipinski definition) is 3. The number of benzene rings is 2. The Bertz CT molecular complexity index is 865. The summed E-state index contributed by atoms with van der Waals surface area (Å²) in [6.45, 7) is 4.54. The molecule has 2 aromatic rings. The average molecular weight is 453 g/mol. The minimum absolute atomic E-state index is 0.00707.